The van der Waals surface area contributed by atoms with E-state index in [2.05, 4.69) is 4.72 Å². The van der Waals surface area contributed by atoms with E-state index in [-0.39, 0.29) is 16.4 Å². The fourth-order valence-corrected chi connectivity index (χ4v) is 4.63. The summed E-state index contributed by atoms with van der Waals surface area (Å²) in [4.78, 5) is 24.5. The number of carbonyl (C=O) groups excluding carboxylic acids is 1. The molecule has 0 atom stereocenters. The maximum Gasteiger partial charge on any atom is 0.335 e. The quantitative estimate of drug-likeness (QED) is 0.838. The Balaban J connectivity index is 1.97. The van der Waals surface area contributed by atoms with Gasteiger partial charge in [0.2, 0.25) is 5.91 Å². The normalized spacial score (nSPS) is 13.4. The molecule has 0 radical (unpaired) electrons. The number of amides is 1. The molecule has 0 unspecified atom stereocenters. The van der Waals surface area contributed by atoms with Crippen molar-refractivity contribution in [1.29, 1.82) is 0 Å². The Morgan fingerprint density at radius 3 is 2.48 bits per heavy atom. The summed E-state index contributed by atoms with van der Waals surface area (Å²) >= 11 is 0. The third kappa shape index (κ3) is 3.52. The lowest BCUT2D eigenvalue weighted by atomic mass is 10.1. The number of aryl methyl sites for hydroxylation is 1. The highest BCUT2D eigenvalue weighted by molar-refractivity contribution is 7.92. The van der Waals surface area contributed by atoms with Crippen LogP contribution in [0.1, 0.15) is 34.0 Å². The molecule has 2 aromatic carbocycles. The molecule has 2 N–H and O–H groups in total. The summed E-state index contributed by atoms with van der Waals surface area (Å²) < 4.78 is 28.2. The van der Waals surface area contributed by atoms with Crippen LogP contribution < -0.4 is 9.62 Å². The van der Waals surface area contributed by atoms with Crippen molar-refractivity contribution in [2.24, 2.45) is 0 Å². The molecule has 3 rings (SSSR count). The molecule has 1 aliphatic rings. The second-order valence-electron chi connectivity index (χ2n) is 6.59. The van der Waals surface area contributed by atoms with E-state index in [1.807, 2.05) is 0 Å². The molecule has 2 aromatic rings. The summed E-state index contributed by atoms with van der Waals surface area (Å²) in [5.41, 5.74) is 3.04. The van der Waals surface area contributed by atoms with Crippen LogP contribution in [0.4, 0.5) is 11.4 Å². The average Bonchev–Trinajstić information content (AvgIpc) is 2.99. The Labute approximate surface area is 157 Å². The van der Waals surface area contributed by atoms with Crippen molar-refractivity contribution in [2.45, 2.75) is 32.1 Å². The average molecular weight is 388 g/mol. The predicted molar refractivity (Wildman–Crippen MR) is 102 cm³/mol. The van der Waals surface area contributed by atoms with Crippen LogP contribution in [-0.2, 0) is 21.2 Å². The number of carboxylic acid groups (broad SMARTS) is 1. The highest BCUT2D eigenvalue weighted by atomic mass is 32.2. The first-order chi connectivity index (χ1) is 12.6. The Hall–Kier alpha value is -2.87. The SMILES string of the molecule is CC(=O)N1CCc2cc(NS(=O)(=O)c3cc(C(=O)O)cc(C)c3C)ccc21. The number of hydrogen-bond acceptors (Lipinski definition) is 4. The van der Waals surface area contributed by atoms with Gasteiger partial charge in [0.05, 0.1) is 10.5 Å². The zero-order valence-electron chi connectivity index (χ0n) is 15.2. The van der Waals surface area contributed by atoms with E-state index in [1.165, 1.54) is 13.0 Å². The monoisotopic (exact) mass is 388 g/mol. The lowest BCUT2D eigenvalue weighted by Crippen LogP contribution is -2.25. The van der Waals surface area contributed by atoms with Gasteiger partial charge in [-0.2, -0.15) is 0 Å². The fraction of sp³-hybridized carbons (Fsp3) is 0.263. The van der Waals surface area contributed by atoms with Crippen LogP contribution in [0.3, 0.4) is 0 Å². The molecule has 0 spiro atoms. The molecule has 1 heterocycles. The summed E-state index contributed by atoms with van der Waals surface area (Å²) in [6.45, 7) is 5.38. The maximum absolute atomic E-state index is 12.9. The Kier molecular flexibility index (Phi) is 4.69. The van der Waals surface area contributed by atoms with E-state index in [9.17, 15) is 23.1 Å². The van der Waals surface area contributed by atoms with Gasteiger partial charge in [0.1, 0.15) is 0 Å². The van der Waals surface area contributed by atoms with Gasteiger partial charge in [0.25, 0.3) is 10.0 Å². The second-order valence-corrected chi connectivity index (χ2v) is 8.24. The third-order valence-electron chi connectivity index (χ3n) is 4.76. The molecular weight excluding hydrogens is 368 g/mol. The van der Waals surface area contributed by atoms with Gasteiger partial charge in [-0.25, -0.2) is 13.2 Å². The first kappa shape index (κ1) is 18.9. The van der Waals surface area contributed by atoms with Crippen molar-refractivity contribution in [3.05, 3.63) is 52.6 Å². The largest absolute Gasteiger partial charge is 0.478 e. The minimum absolute atomic E-state index is 0.0568. The highest BCUT2D eigenvalue weighted by Crippen LogP contribution is 2.32. The van der Waals surface area contributed by atoms with Crippen molar-refractivity contribution in [2.75, 3.05) is 16.2 Å². The van der Waals surface area contributed by atoms with Crippen molar-refractivity contribution in [1.82, 2.24) is 0 Å². The molecule has 0 saturated carbocycles. The number of carbonyl (C=O) groups is 2. The summed E-state index contributed by atoms with van der Waals surface area (Å²) in [5, 5.41) is 9.21. The molecule has 0 bridgehead atoms. The number of nitrogens with one attached hydrogen (secondary N) is 1. The van der Waals surface area contributed by atoms with E-state index < -0.39 is 16.0 Å². The van der Waals surface area contributed by atoms with E-state index >= 15 is 0 Å². The number of nitrogens with zero attached hydrogens (tertiary/aromatic N) is 1. The molecule has 1 amide bonds. The van der Waals surface area contributed by atoms with Crippen molar-refractivity contribution in [3.63, 3.8) is 0 Å². The Morgan fingerprint density at radius 1 is 1.15 bits per heavy atom. The van der Waals surface area contributed by atoms with Gasteiger partial charge in [-0.1, -0.05) is 0 Å². The third-order valence-corrected chi connectivity index (χ3v) is 6.27. The van der Waals surface area contributed by atoms with Crippen LogP contribution in [-0.4, -0.2) is 31.9 Å². The smallest absolute Gasteiger partial charge is 0.335 e. The van der Waals surface area contributed by atoms with Crippen LogP contribution in [0.15, 0.2) is 35.2 Å². The standard InChI is InChI=1S/C19H20N2O5S/c1-11-8-15(19(23)24)10-18(12(11)2)27(25,26)20-16-4-5-17-14(9-16)6-7-21(17)13(3)22/h4-5,8-10,20H,6-7H2,1-3H3,(H,23,24). The molecule has 0 aromatic heterocycles. The van der Waals surface area contributed by atoms with Crippen molar-refractivity contribution >= 4 is 33.3 Å². The van der Waals surface area contributed by atoms with E-state index in [1.54, 1.807) is 36.9 Å². The van der Waals surface area contributed by atoms with Crippen molar-refractivity contribution in [3.8, 4) is 0 Å². The highest BCUT2D eigenvalue weighted by Gasteiger charge is 2.24. The molecule has 27 heavy (non-hydrogen) atoms. The molecule has 7 nitrogen and oxygen atoms in total. The number of fused-ring (bicyclic) bond motifs is 1. The molecule has 0 fully saturated rings. The lowest BCUT2D eigenvalue weighted by Gasteiger charge is -2.16. The number of benzene rings is 2. The first-order valence-corrected chi connectivity index (χ1v) is 9.87. The Morgan fingerprint density at radius 2 is 1.85 bits per heavy atom. The van der Waals surface area contributed by atoms with E-state index in [4.69, 9.17) is 0 Å². The summed E-state index contributed by atoms with van der Waals surface area (Å²) in [5.74, 6) is -1.24. The summed E-state index contributed by atoms with van der Waals surface area (Å²) in [7, 11) is -3.96. The van der Waals surface area contributed by atoms with E-state index in [0.717, 1.165) is 17.3 Å². The topological polar surface area (TPSA) is 104 Å². The molecular formula is C19H20N2O5S. The maximum atomic E-state index is 12.9. The molecule has 0 saturated heterocycles. The molecule has 0 aliphatic carbocycles. The van der Waals surface area contributed by atoms with Gasteiger partial charge >= 0.3 is 5.97 Å². The molecule has 8 heteroatoms. The van der Waals surface area contributed by atoms with Gasteiger partial charge < -0.3 is 10.0 Å². The van der Waals surface area contributed by atoms with E-state index in [0.29, 0.717) is 29.8 Å². The van der Waals surface area contributed by atoms with Gasteiger partial charge in [0, 0.05) is 24.8 Å². The van der Waals surface area contributed by atoms with Crippen LogP contribution >= 0.6 is 0 Å². The number of hydrogen-bond donors (Lipinski definition) is 2. The Bertz CT molecular complexity index is 1060. The van der Waals surface area contributed by atoms with Gasteiger partial charge in [-0.05, 0) is 67.3 Å². The summed E-state index contributed by atoms with van der Waals surface area (Å²) in [6, 6.07) is 7.63. The fourth-order valence-electron chi connectivity index (χ4n) is 3.23. The first-order valence-electron chi connectivity index (χ1n) is 8.38. The van der Waals surface area contributed by atoms with Crippen molar-refractivity contribution < 1.29 is 23.1 Å². The number of aromatic carboxylic acids is 1. The number of sulfonamides is 1. The summed E-state index contributed by atoms with van der Waals surface area (Å²) in [6.07, 6.45) is 0.650. The zero-order chi connectivity index (χ0) is 19.9. The number of rotatable bonds is 4. The van der Waals surface area contributed by atoms with Gasteiger partial charge in [-0.3, -0.25) is 9.52 Å². The predicted octanol–water partition coefficient (Wildman–Crippen LogP) is 2.71. The number of carboxylic acids is 1. The molecule has 142 valence electrons. The van der Waals surface area contributed by atoms with Crippen LogP contribution in [0.5, 0.6) is 0 Å². The molecule has 1 aliphatic heterocycles. The minimum atomic E-state index is -3.96. The second kappa shape index (κ2) is 6.70. The minimum Gasteiger partial charge on any atom is -0.478 e. The van der Waals surface area contributed by atoms with Crippen LogP contribution in [0.25, 0.3) is 0 Å². The van der Waals surface area contributed by atoms with Gasteiger partial charge in [-0.15, -0.1) is 0 Å². The van der Waals surface area contributed by atoms with Gasteiger partial charge in [0.15, 0.2) is 0 Å². The zero-order valence-corrected chi connectivity index (χ0v) is 16.1. The van der Waals surface area contributed by atoms with Crippen LogP contribution in [0.2, 0.25) is 0 Å². The lowest BCUT2D eigenvalue weighted by molar-refractivity contribution is -0.116. The number of anilines is 2. The van der Waals surface area contributed by atoms with Crippen LogP contribution in [0, 0.1) is 13.8 Å².